The molecular weight excluding hydrogens is 282 g/mol. The first kappa shape index (κ1) is 14.6. The third-order valence-corrected chi connectivity index (χ3v) is 4.15. The minimum Gasteiger partial charge on any atom is -0.388 e. The quantitative estimate of drug-likeness (QED) is 0.789. The molecule has 1 aliphatic rings. The Kier molecular flexibility index (Phi) is 3.62. The molecule has 2 amide bonds. The molecule has 3 rings (SSSR count). The van der Waals surface area contributed by atoms with Crippen LogP contribution in [0.4, 0.5) is 0 Å². The van der Waals surface area contributed by atoms with E-state index in [0.29, 0.717) is 24.9 Å². The highest BCUT2D eigenvalue weighted by atomic mass is 16.3. The number of fused-ring (bicyclic) bond motifs is 1. The van der Waals surface area contributed by atoms with Crippen LogP contribution in [-0.2, 0) is 4.79 Å². The number of nitrogens with zero attached hydrogens (tertiary/aromatic N) is 1. The van der Waals surface area contributed by atoms with Gasteiger partial charge in [-0.05, 0) is 37.1 Å². The number of nitrogens with one attached hydrogen (secondary N) is 1. The number of piperidine rings is 1. The molecule has 0 saturated carbocycles. The van der Waals surface area contributed by atoms with Gasteiger partial charge in [0.1, 0.15) is 0 Å². The van der Waals surface area contributed by atoms with Gasteiger partial charge in [0.25, 0.3) is 5.91 Å². The van der Waals surface area contributed by atoms with Crippen LogP contribution in [0, 0.1) is 0 Å². The van der Waals surface area contributed by atoms with Gasteiger partial charge >= 0.3 is 0 Å². The highest BCUT2D eigenvalue weighted by molar-refractivity contribution is 5.98. The summed E-state index contributed by atoms with van der Waals surface area (Å²) in [6, 6.07) is 7.37. The molecule has 0 aliphatic carbocycles. The molecule has 1 aromatic heterocycles. The number of aliphatic hydroxyl groups is 1. The second kappa shape index (κ2) is 5.46. The zero-order valence-corrected chi connectivity index (χ0v) is 12.2. The van der Waals surface area contributed by atoms with Crippen LogP contribution in [0.5, 0.6) is 0 Å². The van der Waals surface area contributed by atoms with E-state index in [1.54, 1.807) is 11.0 Å². The Morgan fingerprint density at radius 1 is 1.36 bits per heavy atom. The average molecular weight is 301 g/mol. The van der Waals surface area contributed by atoms with Crippen molar-refractivity contribution in [3.8, 4) is 0 Å². The number of rotatable bonds is 3. The number of H-pyrrole nitrogens is 1. The number of benzene rings is 1. The lowest BCUT2D eigenvalue weighted by Gasteiger charge is -2.38. The van der Waals surface area contributed by atoms with E-state index in [-0.39, 0.29) is 18.9 Å². The third-order valence-electron chi connectivity index (χ3n) is 4.15. The maximum absolute atomic E-state index is 12.6. The summed E-state index contributed by atoms with van der Waals surface area (Å²) in [6.45, 7) is 0.713. The van der Waals surface area contributed by atoms with Crippen molar-refractivity contribution in [3.05, 3.63) is 36.0 Å². The third kappa shape index (κ3) is 2.82. The van der Waals surface area contributed by atoms with E-state index in [9.17, 15) is 14.7 Å². The summed E-state index contributed by atoms with van der Waals surface area (Å²) in [5.74, 6) is -0.684. The molecule has 6 nitrogen and oxygen atoms in total. The summed E-state index contributed by atoms with van der Waals surface area (Å²) in [6.07, 6.45) is 2.84. The predicted molar refractivity (Wildman–Crippen MR) is 82.2 cm³/mol. The number of aromatic nitrogens is 1. The van der Waals surface area contributed by atoms with Crippen LogP contribution in [0.15, 0.2) is 30.5 Å². The van der Waals surface area contributed by atoms with Gasteiger partial charge < -0.3 is 20.7 Å². The average Bonchev–Trinajstić information content (AvgIpc) is 2.92. The van der Waals surface area contributed by atoms with E-state index >= 15 is 0 Å². The van der Waals surface area contributed by atoms with Crippen molar-refractivity contribution in [1.82, 2.24) is 9.88 Å². The molecule has 22 heavy (non-hydrogen) atoms. The highest BCUT2D eigenvalue weighted by Crippen LogP contribution is 2.26. The second-order valence-electron chi connectivity index (χ2n) is 5.98. The monoisotopic (exact) mass is 301 g/mol. The summed E-state index contributed by atoms with van der Waals surface area (Å²) < 4.78 is 0. The first-order chi connectivity index (χ1) is 10.5. The fourth-order valence-electron chi connectivity index (χ4n) is 3.12. The van der Waals surface area contributed by atoms with Crippen molar-refractivity contribution < 1.29 is 14.7 Å². The first-order valence-electron chi connectivity index (χ1n) is 7.34. The van der Waals surface area contributed by atoms with E-state index in [4.69, 9.17) is 5.73 Å². The molecule has 1 aromatic carbocycles. The maximum atomic E-state index is 12.6. The van der Waals surface area contributed by atoms with Gasteiger partial charge in [0, 0.05) is 29.2 Å². The molecule has 1 atom stereocenters. The molecule has 1 unspecified atom stereocenters. The number of hydrogen-bond acceptors (Lipinski definition) is 3. The number of likely N-dealkylation sites (tertiary alicyclic amines) is 1. The van der Waals surface area contributed by atoms with Crippen LogP contribution >= 0.6 is 0 Å². The number of aromatic amines is 1. The van der Waals surface area contributed by atoms with Gasteiger partial charge in [-0.15, -0.1) is 0 Å². The van der Waals surface area contributed by atoms with E-state index in [1.807, 2.05) is 24.4 Å². The van der Waals surface area contributed by atoms with E-state index in [2.05, 4.69) is 4.98 Å². The Balaban J connectivity index is 1.80. The Labute approximate surface area is 127 Å². The first-order valence-corrected chi connectivity index (χ1v) is 7.34. The van der Waals surface area contributed by atoms with E-state index in [1.165, 1.54) is 0 Å². The number of nitrogens with two attached hydrogens (primary N) is 1. The molecule has 6 heteroatoms. The topological polar surface area (TPSA) is 99.4 Å². The zero-order chi connectivity index (χ0) is 15.7. The number of primary amides is 1. The van der Waals surface area contributed by atoms with Gasteiger partial charge in [0.2, 0.25) is 5.91 Å². The molecule has 0 radical (unpaired) electrons. The molecular formula is C16H19N3O3. The van der Waals surface area contributed by atoms with Crippen molar-refractivity contribution in [1.29, 1.82) is 0 Å². The fourth-order valence-corrected chi connectivity index (χ4v) is 3.12. The number of carbonyl (C=O) groups is 2. The zero-order valence-electron chi connectivity index (χ0n) is 12.2. The standard InChI is InChI=1S/C16H19N3O3/c17-14(20)9-16(22)5-1-7-19(10-16)15(21)12-2-3-13-11(8-12)4-6-18-13/h2-4,6,8,18,22H,1,5,7,9-10H2,(H2,17,20). The molecule has 1 fully saturated rings. The SMILES string of the molecule is NC(=O)CC1(O)CCCN(C(=O)c2ccc3[nH]ccc3c2)C1. The van der Waals surface area contributed by atoms with E-state index < -0.39 is 11.5 Å². The number of carbonyl (C=O) groups excluding carboxylic acids is 2. The predicted octanol–water partition coefficient (Wildman–Crippen LogP) is 1.01. The van der Waals surface area contributed by atoms with Gasteiger partial charge in [-0.3, -0.25) is 9.59 Å². The Bertz CT molecular complexity index is 724. The van der Waals surface area contributed by atoms with Gasteiger partial charge in [-0.25, -0.2) is 0 Å². The van der Waals surface area contributed by atoms with Crippen molar-refractivity contribution in [3.63, 3.8) is 0 Å². The smallest absolute Gasteiger partial charge is 0.253 e. The van der Waals surface area contributed by atoms with Crippen LogP contribution in [0.25, 0.3) is 10.9 Å². The van der Waals surface area contributed by atoms with Crippen LogP contribution in [0.3, 0.4) is 0 Å². The Morgan fingerprint density at radius 2 is 2.18 bits per heavy atom. The van der Waals surface area contributed by atoms with E-state index in [0.717, 1.165) is 10.9 Å². The minimum atomic E-state index is -1.21. The molecule has 1 saturated heterocycles. The lowest BCUT2D eigenvalue weighted by molar-refractivity contribution is -0.125. The molecule has 4 N–H and O–H groups in total. The van der Waals surface area contributed by atoms with Crippen molar-refractivity contribution in [2.75, 3.05) is 13.1 Å². The van der Waals surface area contributed by atoms with Gasteiger partial charge in [0.05, 0.1) is 18.6 Å². The molecule has 0 bridgehead atoms. The number of β-amino-alcohol motifs (C(OH)–C–C–N with tert-alkyl or cyclic N) is 1. The van der Waals surface area contributed by atoms with Gasteiger partial charge in [-0.2, -0.15) is 0 Å². The van der Waals surface area contributed by atoms with Crippen LogP contribution in [0.1, 0.15) is 29.6 Å². The maximum Gasteiger partial charge on any atom is 0.253 e. The molecule has 116 valence electrons. The summed E-state index contributed by atoms with van der Waals surface area (Å²) in [5, 5.41) is 11.4. The van der Waals surface area contributed by atoms with Crippen LogP contribution in [-0.4, -0.2) is 45.5 Å². The number of amides is 2. The van der Waals surface area contributed by atoms with Gasteiger partial charge in [-0.1, -0.05) is 0 Å². The Morgan fingerprint density at radius 3 is 2.95 bits per heavy atom. The van der Waals surface area contributed by atoms with Crippen LogP contribution < -0.4 is 5.73 Å². The van der Waals surface area contributed by atoms with Crippen LogP contribution in [0.2, 0.25) is 0 Å². The molecule has 1 aliphatic heterocycles. The normalized spacial score (nSPS) is 22.0. The fraction of sp³-hybridized carbons (Fsp3) is 0.375. The largest absolute Gasteiger partial charge is 0.388 e. The lowest BCUT2D eigenvalue weighted by atomic mass is 9.89. The molecule has 2 heterocycles. The van der Waals surface area contributed by atoms with Crippen molar-refractivity contribution in [2.45, 2.75) is 24.9 Å². The van der Waals surface area contributed by atoms with Gasteiger partial charge in [0.15, 0.2) is 0 Å². The summed E-state index contributed by atoms with van der Waals surface area (Å²) >= 11 is 0. The summed E-state index contributed by atoms with van der Waals surface area (Å²) in [4.78, 5) is 28.4. The highest BCUT2D eigenvalue weighted by Gasteiger charge is 2.36. The Hall–Kier alpha value is -2.34. The summed E-state index contributed by atoms with van der Waals surface area (Å²) in [5.41, 5.74) is 5.53. The molecule has 0 spiro atoms. The molecule has 2 aromatic rings. The van der Waals surface area contributed by atoms with Crippen molar-refractivity contribution in [2.24, 2.45) is 5.73 Å². The second-order valence-corrected chi connectivity index (χ2v) is 5.98. The number of hydrogen-bond donors (Lipinski definition) is 3. The summed E-state index contributed by atoms with van der Waals surface area (Å²) in [7, 11) is 0. The van der Waals surface area contributed by atoms with Crippen molar-refractivity contribution >= 4 is 22.7 Å². The lowest BCUT2D eigenvalue weighted by Crippen LogP contribution is -2.51. The minimum absolute atomic E-state index is 0.117.